The van der Waals surface area contributed by atoms with E-state index in [-0.39, 0.29) is 17.1 Å². The van der Waals surface area contributed by atoms with Crippen molar-refractivity contribution < 1.29 is 14.6 Å². The fourth-order valence-electron chi connectivity index (χ4n) is 2.19. The Bertz CT molecular complexity index is 920. The average Bonchev–Trinajstić information content (AvgIpc) is 2.61. The number of halogens is 2. The van der Waals surface area contributed by atoms with E-state index in [1.165, 1.54) is 6.08 Å². The van der Waals surface area contributed by atoms with Crippen LogP contribution in [-0.2, 0) is 4.79 Å². The van der Waals surface area contributed by atoms with Crippen LogP contribution in [0.2, 0.25) is 5.02 Å². The van der Waals surface area contributed by atoms with Crippen LogP contribution in [0.3, 0.4) is 0 Å². The van der Waals surface area contributed by atoms with Gasteiger partial charge in [0.15, 0.2) is 11.5 Å². The van der Waals surface area contributed by atoms with Gasteiger partial charge in [0.2, 0.25) is 0 Å². The second kappa shape index (κ2) is 8.75. The second-order valence-electron chi connectivity index (χ2n) is 5.32. The Labute approximate surface area is 165 Å². The lowest BCUT2D eigenvalue weighted by Gasteiger charge is -2.10. The number of carbonyl (C=O) groups is 1. The summed E-state index contributed by atoms with van der Waals surface area (Å²) in [5, 5.41) is 22.5. The zero-order valence-electron chi connectivity index (χ0n) is 14.1. The number of benzene rings is 2. The van der Waals surface area contributed by atoms with Crippen molar-refractivity contribution >= 4 is 45.2 Å². The first-order chi connectivity index (χ1) is 12.4. The minimum Gasteiger partial charge on any atom is -0.503 e. The molecule has 0 fully saturated rings. The number of ether oxygens (including phenoxy) is 1. The van der Waals surface area contributed by atoms with E-state index >= 15 is 0 Å². The van der Waals surface area contributed by atoms with E-state index in [9.17, 15) is 15.2 Å². The molecule has 0 saturated carbocycles. The standard InChI is InChI=1S/C19H16BrClN2O3/c1-3-26-17-9-12(8-14(20)18(17)24)7-13(10-22)19(25)23-16-6-4-5-15(21)11(16)2/h4-9,24H,3H2,1-2H3,(H,23,25)/b13-7-. The minimum absolute atomic E-state index is 0.0403. The second-order valence-corrected chi connectivity index (χ2v) is 6.58. The highest BCUT2D eigenvalue weighted by atomic mass is 79.9. The summed E-state index contributed by atoms with van der Waals surface area (Å²) in [6.07, 6.45) is 1.42. The van der Waals surface area contributed by atoms with Gasteiger partial charge in [-0.1, -0.05) is 17.7 Å². The lowest BCUT2D eigenvalue weighted by Crippen LogP contribution is -2.14. The van der Waals surface area contributed by atoms with E-state index in [1.54, 1.807) is 44.2 Å². The van der Waals surface area contributed by atoms with Crippen molar-refractivity contribution in [1.82, 2.24) is 0 Å². The van der Waals surface area contributed by atoms with Crippen LogP contribution in [0.15, 0.2) is 40.4 Å². The molecule has 0 radical (unpaired) electrons. The third-order valence-corrected chi connectivity index (χ3v) is 4.56. The van der Waals surface area contributed by atoms with Crippen molar-refractivity contribution in [1.29, 1.82) is 5.26 Å². The van der Waals surface area contributed by atoms with E-state index in [1.807, 2.05) is 6.07 Å². The van der Waals surface area contributed by atoms with Crippen molar-refractivity contribution in [3.8, 4) is 17.6 Å². The van der Waals surface area contributed by atoms with Crippen molar-refractivity contribution in [3.05, 3.63) is 56.5 Å². The molecule has 7 heteroatoms. The van der Waals surface area contributed by atoms with Crippen molar-refractivity contribution in [2.24, 2.45) is 0 Å². The van der Waals surface area contributed by atoms with Crippen molar-refractivity contribution in [2.75, 3.05) is 11.9 Å². The molecule has 0 bridgehead atoms. The van der Waals surface area contributed by atoms with Crippen molar-refractivity contribution in [3.63, 3.8) is 0 Å². The summed E-state index contributed by atoms with van der Waals surface area (Å²) in [7, 11) is 0. The molecule has 0 aromatic heterocycles. The molecule has 0 atom stereocenters. The van der Waals surface area contributed by atoms with E-state index in [0.29, 0.717) is 32.9 Å². The molecular weight excluding hydrogens is 420 g/mol. The SMILES string of the molecule is CCOc1cc(/C=C(/C#N)C(=O)Nc2cccc(Cl)c2C)cc(Br)c1O. The normalized spacial score (nSPS) is 11.0. The first-order valence-corrected chi connectivity index (χ1v) is 8.88. The smallest absolute Gasteiger partial charge is 0.266 e. The third-order valence-electron chi connectivity index (χ3n) is 3.54. The maximum absolute atomic E-state index is 12.4. The van der Waals surface area contributed by atoms with Crippen LogP contribution >= 0.6 is 27.5 Å². The first-order valence-electron chi connectivity index (χ1n) is 7.71. The summed E-state index contributed by atoms with van der Waals surface area (Å²) in [6, 6.07) is 10.2. The van der Waals surface area contributed by atoms with E-state index in [4.69, 9.17) is 16.3 Å². The van der Waals surface area contributed by atoms with Gasteiger partial charge in [-0.15, -0.1) is 0 Å². The monoisotopic (exact) mass is 434 g/mol. The molecule has 0 aliphatic rings. The van der Waals surface area contributed by atoms with Gasteiger partial charge in [-0.25, -0.2) is 0 Å². The molecule has 2 rings (SSSR count). The molecule has 0 spiro atoms. The number of carbonyl (C=O) groups excluding carboxylic acids is 1. The number of nitrogens with zero attached hydrogens (tertiary/aromatic N) is 1. The lowest BCUT2D eigenvalue weighted by atomic mass is 10.1. The summed E-state index contributed by atoms with van der Waals surface area (Å²) in [5.74, 6) is -0.335. The van der Waals surface area contributed by atoms with Crippen LogP contribution in [0.1, 0.15) is 18.1 Å². The average molecular weight is 436 g/mol. The van der Waals surface area contributed by atoms with Gasteiger partial charge < -0.3 is 15.2 Å². The topological polar surface area (TPSA) is 82.3 Å². The highest BCUT2D eigenvalue weighted by molar-refractivity contribution is 9.10. The number of hydrogen-bond acceptors (Lipinski definition) is 4. The molecule has 2 aromatic rings. The van der Waals surface area contributed by atoms with Crippen LogP contribution in [-0.4, -0.2) is 17.6 Å². The van der Waals surface area contributed by atoms with Gasteiger partial charge >= 0.3 is 0 Å². The van der Waals surface area contributed by atoms with E-state index in [0.717, 1.165) is 0 Å². The number of rotatable bonds is 5. The fraction of sp³-hybridized carbons (Fsp3) is 0.158. The predicted molar refractivity (Wildman–Crippen MR) is 105 cm³/mol. The zero-order valence-corrected chi connectivity index (χ0v) is 16.5. The Kier molecular flexibility index (Phi) is 6.67. The van der Waals surface area contributed by atoms with Gasteiger partial charge in [0.25, 0.3) is 5.91 Å². The van der Waals surface area contributed by atoms with Crippen LogP contribution in [0.4, 0.5) is 5.69 Å². The lowest BCUT2D eigenvalue weighted by molar-refractivity contribution is -0.112. The Morgan fingerprint density at radius 2 is 2.19 bits per heavy atom. The number of amides is 1. The third kappa shape index (κ3) is 4.57. The van der Waals surface area contributed by atoms with E-state index < -0.39 is 5.91 Å². The molecule has 0 heterocycles. The first kappa shape index (κ1) is 19.8. The molecule has 2 aromatic carbocycles. The Morgan fingerprint density at radius 1 is 1.46 bits per heavy atom. The Morgan fingerprint density at radius 3 is 2.85 bits per heavy atom. The Balaban J connectivity index is 2.34. The summed E-state index contributed by atoms with van der Waals surface area (Å²) < 4.78 is 5.75. The van der Waals surface area contributed by atoms with Gasteiger partial charge in [0.05, 0.1) is 11.1 Å². The highest BCUT2D eigenvalue weighted by Gasteiger charge is 2.14. The summed E-state index contributed by atoms with van der Waals surface area (Å²) in [4.78, 5) is 12.4. The van der Waals surface area contributed by atoms with Crippen LogP contribution in [0, 0.1) is 18.3 Å². The van der Waals surface area contributed by atoms with Gasteiger partial charge in [0.1, 0.15) is 11.6 Å². The summed E-state index contributed by atoms with van der Waals surface area (Å²) >= 11 is 9.28. The number of hydrogen-bond donors (Lipinski definition) is 2. The molecular formula is C19H16BrClN2O3. The molecule has 2 N–H and O–H groups in total. The molecule has 0 aliphatic carbocycles. The molecule has 5 nitrogen and oxygen atoms in total. The van der Waals surface area contributed by atoms with Gasteiger partial charge in [-0.05, 0) is 71.2 Å². The quantitative estimate of drug-likeness (QED) is 0.508. The molecule has 0 aliphatic heterocycles. The number of nitriles is 1. The van der Waals surface area contributed by atoms with Crippen molar-refractivity contribution in [2.45, 2.75) is 13.8 Å². The highest BCUT2D eigenvalue weighted by Crippen LogP contribution is 2.36. The zero-order chi connectivity index (χ0) is 19.3. The van der Waals surface area contributed by atoms with E-state index in [2.05, 4.69) is 21.2 Å². The maximum Gasteiger partial charge on any atom is 0.266 e. The molecule has 1 amide bonds. The number of nitrogens with one attached hydrogen (secondary N) is 1. The number of aromatic hydroxyl groups is 1. The predicted octanol–water partition coefficient (Wildman–Crippen LogP) is 5.06. The fourth-order valence-corrected chi connectivity index (χ4v) is 2.82. The van der Waals surface area contributed by atoms with Crippen LogP contribution in [0.25, 0.3) is 6.08 Å². The van der Waals surface area contributed by atoms with Gasteiger partial charge in [-0.3, -0.25) is 4.79 Å². The van der Waals surface area contributed by atoms with Crippen LogP contribution < -0.4 is 10.1 Å². The molecule has 0 unspecified atom stereocenters. The minimum atomic E-state index is -0.556. The summed E-state index contributed by atoms with van der Waals surface area (Å²) in [5.41, 5.74) is 1.69. The van der Waals surface area contributed by atoms with Gasteiger partial charge in [-0.2, -0.15) is 5.26 Å². The molecule has 134 valence electrons. The molecule has 26 heavy (non-hydrogen) atoms. The number of anilines is 1. The van der Waals surface area contributed by atoms with Gasteiger partial charge in [0, 0.05) is 10.7 Å². The maximum atomic E-state index is 12.4. The number of phenols is 1. The summed E-state index contributed by atoms with van der Waals surface area (Å²) in [6.45, 7) is 3.93. The molecule has 0 saturated heterocycles. The van der Waals surface area contributed by atoms with Crippen LogP contribution in [0.5, 0.6) is 11.5 Å². The largest absolute Gasteiger partial charge is 0.503 e. The Hall–Kier alpha value is -2.49. The number of phenolic OH excluding ortho intramolecular Hbond substituents is 1.